The van der Waals surface area contributed by atoms with Crippen LogP contribution in [0.5, 0.6) is 0 Å². The molecule has 0 unspecified atom stereocenters. The van der Waals surface area contributed by atoms with Gasteiger partial charge in [0.05, 0.1) is 6.10 Å². The molecule has 0 saturated heterocycles. The van der Waals surface area contributed by atoms with Gasteiger partial charge in [-0.1, -0.05) is 50.6 Å². The number of Topliss-reactive ketones (excluding diaryl/α,β-unsaturated/α-hetero) is 1. The molecule has 8 nitrogen and oxygen atoms in total. The molecule has 1 aromatic heterocycles. The van der Waals surface area contributed by atoms with Gasteiger partial charge in [0.25, 0.3) is 0 Å². The number of aliphatic hydroxyl groups is 1. The number of ketones is 1. The van der Waals surface area contributed by atoms with Gasteiger partial charge in [0.1, 0.15) is 12.3 Å². The number of carbonyl (C=O) groups is 3. The van der Waals surface area contributed by atoms with Crippen LogP contribution in [0, 0.1) is 28.6 Å². The minimum Gasteiger partial charge on any atom is -0.457 e. The highest BCUT2D eigenvalue weighted by Crippen LogP contribution is 2.71. The first-order chi connectivity index (χ1) is 22.3. The van der Waals surface area contributed by atoms with Crippen LogP contribution in [0.25, 0.3) is 6.08 Å². The van der Waals surface area contributed by atoms with Gasteiger partial charge in [-0.3, -0.25) is 14.4 Å². The second-order valence-electron chi connectivity index (χ2n) is 13.9. The lowest BCUT2D eigenvalue weighted by atomic mass is 9.44. The molecule has 47 heavy (non-hydrogen) atoms. The van der Waals surface area contributed by atoms with Crippen LogP contribution in [-0.4, -0.2) is 59.1 Å². The van der Waals surface area contributed by atoms with Crippen molar-refractivity contribution < 1.29 is 38.2 Å². The fourth-order valence-corrected chi connectivity index (χ4v) is 10.1. The van der Waals surface area contributed by atoms with E-state index in [1.165, 1.54) is 9.75 Å². The largest absolute Gasteiger partial charge is 0.457 e. The van der Waals surface area contributed by atoms with E-state index in [0.717, 1.165) is 12.0 Å². The number of halogens is 1. The van der Waals surface area contributed by atoms with E-state index in [1.807, 2.05) is 45.9 Å². The maximum atomic E-state index is 17.9. The highest BCUT2D eigenvalue weighted by molar-refractivity contribution is 7.12. The summed E-state index contributed by atoms with van der Waals surface area (Å²) in [4.78, 5) is 46.9. The van der Waals surface area contributed by atoms with E-state index in [4.69, 9.17) is 14.3 Å². The van der Waals surface area contributed by atoms with E-state index in [0.29, 0.717) is 31.6 Å². The van der Waals surface area contributed by atoms with Crippen molar-refractivity contribution in [3.05, 3.63) is 51.8 Å². The van der Waals surface area contributed by atoms with Gasteiger partial charge >= 0.3 is 11.9 Å². The molecule has 5 rings (SSSR count). The van der Waals surface area contributed by atoms with Crippen LogP contribution in [0.3, 0.4) is 0 Å². The Hall–Kier alpha value is -3.11. The first-order valence-electron chi connectivity index (χ1n) is 16.9. The number of rotatable bonds is 11. The Morgan fingerprint density at radius 1 is 1.15 bits per heavy atom. The summed E-state index contributed by atoms with van der Waals surface area (Å²) < 4.78 is 29.3. The summed E-state index contributed by atoms with van der Waals surface area (Å²) in [5.41, 5.74) is -4.42. The minimum atomic E-state index is -2.03. The fraction of sp³-hybridized carbons (Fsp3) is 0.622. The minimum absolute atomic E-state index is 0.0480. The SMILES string of the molecule is C/C=C/c1ccc(CCO/N=C2\C=C[C@@]3(C)C(=C2)CC[C@H]2[C@@H]4C[C@H](C)[C@@](OC(=O)CC)(C(=O)COC(=O)CC)[C@@]4(C)C[C@H](O)[C@@]23F)s1. The van der Waals surface area contributed by atoms with Gasteiger partial charge in [-0.15, -0.1) is 11.3 Å². The Morgan fingerprint density at radius 2 is 1.89 bits per heavy atom. The molecule has 0 amide bonds. The van der Waals surface area contributed by atoms with Gasteiger partial charge in [-0.2, -0.15) is 0 Å². The Balaban J connectivity index is 1.39. The first-order valence-corrected chi connectivity index (χ1v) is 17.7. The topological polar surface area (TPSA) is 111 Å². The average molecular weight is 670 g/mol. The lowest BCUT2D eigenvalue weighted by Gasteiger charge is -2.62. The van der Waals surface area contributed by atoms with Crippen molar-refractivity contribution >= 4 is 40.8 Å². The third kappa shape index (κ3) is 5.73. The zero-order valence-electron chi connectivity index (χ0n) is 28.3. The van der Waals surface area contributed by atoms with Crippen molar-refractivity contribution in [3.63, 3.8) is 0 Å². The maximum absolute atomic E-state index is 17.9. The van der Waals surface area contributed by atoms with Crippen molar-refractivity contribution in [2.75, 3.05) is 13.2 Å². The van der Waals surface area contributed by atoms with Crippen LogP contribution in [0.4, 0.5) is 4.39 Å². The molecule has 0 aromatic carbocycles. The van der Waals surface area contributed by atoms with Crippen LogP contribution in [-0.2, 0) is 35.1 Å². The average Bonchev–Trinajstić information content (AvgIpc) is 3.58. The zero-order chi connectivity index (χ0) is 34.2. The highest BCUT2D eigenvalue weighted by atomic mass is 32.1. The smallest absolute Gasteiger partial charge is 0.306 e. The van der Waals surface area contributed by atoms with E-state index in [9.17, 15) is 19.5 Å². The first kappa shape index (κ1) is 35.2. The highest BCUT2D eigenvalue weighted by Gasteiger charge is 2.77. The summed E-state index contributed by atoms with van der Waals surface area (Å²) in [5, 5.41) is 16.2. The van der Waals surface area contributed by atoms with Crippen molar-refractivity contribution in [3.8, 4) is 0 Å². The third-order valence-corrected chi connectivity index (χ3v) is 12.6. The lowest BCUT2D eigenvalue weighted by molar-refractivity contribution is -0.228. The van der Waals surface area contributed by atoms with E-state index >= 15 is 4.39 Å². The number of esters is 2. The molecule has 1 heterocycles. The summed E-state index contributed by atoms with van der Waals surface area (Å²) in [7, 11) is 0. The molecular formula is C37H48FNO7S. The molecule has 1 aromatic rings. The van der Waals surface area contributed by atoms with E-state index in [-0.39, 0.29) is 25.2 Å². The monoisotopic (exact) mass is 669 g/mol. The summed E-state index contributed by atoms with van der Waals surface area (Å²) in [6.45, 7) is 10.7. The van der Waals surface area contributed by atoms with Gasteiger partial charge in [0.2, 0.25) is 5.78 Å². The molecule has 8 atom stereocenters. The predicted molar refractivity (Wildman–Crippen MR) is 179 cm³/mol. The Morgan fingerprint density at radius 3 is 2.60 bits per heavy atom. The molecule has 0 bridgehead atoms. The number of fused-ring (bicyclic) bond motifs is 5. The van der Waals surface area contributed by atoms with Gasteiger partial charge in [-0.25, -0.2) is 4.39 Å². The molecule has 3 saturated carbocycles. The number of nitrogens with zero attached hydrogens (tertiary/aromatic N) is 1. The lowest BCUT2D eigenvalue weighted by Crippen LogP contribution is -2.70. The van der Waals surface area contributed by atoms with Crippen molar-refractivity contribution in [2.45, 2.75) is 104 Å². The standard InChI is InChI=1S/C37H48FNO7S/c1-7-10-26-12-13-27(47-26)16-18-45-39-25-15-17-34(5)24(20-25)11-14-28-29-19-23(4)37(46-33(43)9-3,31(41)22-44-32(42)8-2)35(29,6)21-30(40)36(28,34)38/h7,10,12-13,15,17,20,23,28-30,40H,8-9,11,14,16,18-19,21-22H2,1-6H3/b10-7+,39-25+/t23-,28-,29-,30-,34-,35-,36-,37+/m0/s1. The Labute approximate surface area is 281 Å². The van der Waals surface area contributed by atoms with E-state index in [1.54, 1.807) is 31.3 Å². The summed E-state index contributed by atoms with van der Waals surface area (Å²) in [5.74, 6) is -3.05. The summed E-state index contributed by atoms with van der Waals surface area (Å²) in [6, 6.07) is 4.17. The Kier molecular flexibility index (Phi) is 10.1. The molecule has 256 valence electrons. The van der Waals surface area contributed by atoms with Gasteiger partial charge in [0.15, 0.2) is 17.9 Å². The van der Waals surface area contributed by atoms with Crippen LogP contribution in [0.1, 0.15) is 89.8 Å². The molecular weight excluding hydrogens is 621 g/mol. The molecule has 0 spiro atoms. The maximum Gasteiger partial charge on any atom is 0.306 e. The fourth-order valence-electron chi connectivity index (χ4n) is 9.12. The van der Waals surface area contributed by atoms with Crippen molar-refractivity contribution in [1.82, 2.24) is 0 Å². The molecule has 0 aliphatic heterocycles. The molecule has 4 aliphatic rings. The van der Waals surface area contributed by atoms with Gasteiger partial charge in [0, 0.05) is 51.7 Å². The number of allylic oxidation sites excluding steroid dienone is 5. The number of ether oxygens (including phenoxy) is 2. The quantitative estimate of drug-likeness (QED) is 0.154. The number of oxime groups is 1. The van der Waals surface area contributed by atoms with Crippen molar-refractivity contribution in [2.24, 2.45) is 33.7 Å². The van der Waals surface area contributed by atoms with Crippen LogP contribution < -0.4 is 0 Å². The molecule has 1 N–H and O–H groups in total. The third-order valence-electron chi connectivity index (χ3n) is 11.4. The number of hydrogen-bond acceptors (Lipinski definition) is 9. The number of alkyl halides is 1. The van der Waals surface area contributed by atoms with Crippen LogP contribution >= 0.6 is 11.3 Å². The molecule has 10 heteroatoms. The molecule has 4 aliphatic carbocycles. The van der Waals surface area contributed by atoms with Crippen LogP contribution in [0.2, 0.25) is 0 Å². The number of aliphatic hydroxyl groups excluding tert-OH is 1. The second-order valence-corrected chi connectivity index (χ2v) is 15.1. The summed E-state index contributed by atoms with van der Waals surface area (Å²) >= 11 is 1.71. The zero-order valence-corrected chi connectivity index (χ0v) is 29.2. The Bertz CT molecular complexity index is 1510. The number of carbonyl (C=O) groups excluding carboxylic acids is 3. The van der Waals surface area contributed by atoms with Gasteiger partial charge < -0.3 is 19.4 Å². The number of hydrogen-bond donors (Lipinski definition) is 1. The van der Waals surface area contributed by atoms with E-state index in [2.05, 4.69) is 23.4 Å². The molecule has 3 fully saturated rings. The normalized spacial score (nSPS) is 36.8. The van der Waals surface area contributed by atoms with Crippen LogP contribution in [0.15, 0.2) is 47.2 Å². The summed E-state index contributed by atoms with van der Waals surface area (Å²) in [6.07, 6.45) is 10.3. The van der Waals surface area contributed by atoms with Gasteiger partial charge in [-0.05, 0) is 75.8 Å². The number of thiophene rings is 1. The van der Waals surface area contributed by atoms with Crippen molar-refractivity contribution in [1.29, 1.82) is 0 Å². The second kappa shape index (κ2) is 13.4. The predicted octanol–water partition coefficient (Wildman–Crippen LogP) is 6.96. The van der Waals surface area contributed by atoms with E-state index < -0.39 is 64.4 Å². The molecule has 0 radical (unpaired) electrons.